The molecule has 0 aliphatic carbocycles. The summed E-state index contributed by atoms with van der Waals surface area (Å²) in [4.78, 5) is 21.2. The molecule has 7 atom stereocenters. The van der Waals surface area contributed by atoms with E-state index in [0.717, 1.165) is 0 Å². The number of hydrogen-bond donors (Lipinski definition) is 8. The van der Waals surface area contributed by atoms with Crippen LogP contribution in [-0.2, 0) is 15.2 Å². The van der Waals surface area contributed by atoms with E-state index in [1.54, 1.807) is 9.13 Å². The zero-order valence-electron chi connectivity index (χ0n) is 21.1. The topological polar surface area (TPSA) is 267 Å². The minimum Gasteiger partial charge on any atom is -0.476 e. The first kappa shape index (κ1) is 26.6. The lowest BCUT2D eigenvalue weighted by molar-refractivity contribution is -0.0439. The van der Waals surface area contributed by atoms with E-state index in [1.165, 1.54) is 12.7 Å². The van der Waals surface area contributed by atoms with E-state index in [1.807, 2.05) is 0 Å². The molecule has 0 spiro atoms. The van der Waals surface area contributed by atoms with E-state index < -0.39 is 42.6 Å². The molecule has 0 amide bonds. The maximum absolute atomic E-state index is 11.4. The zero-order valence-corrected chi connectivity index (χ0v) is 21.1. The number of aliphatic hydroxyl groups excluding tert-OH is 4. The van der Waals surface area contributed by atoms with E-state index in [2.05, 4.69) is 30.2 Å². The molecule has 2 fully saturated rings. The Morgan fingerprint density at radius 2 is 1.65 bits per heavy atom. The third-order valence-electron chi connectivity index (χ3n) is 7.21. The first-order chi connectivity index (χ1) is 19.2. The van der Waals surface area contributed by atoms with Crippen LogP contribution in [0.15, 0.2) is 17.6 Å². The zero-order chi connectivity index (χ0) is 28.2. The van der Waals surface area contributed by atoms with Crippen LogP contribution < -0.4 is 21.5 Å². The number of ether oxygens (including phenoxy) is 3. The molecular weight excluding hydrogens is 532 g/mol. The number of rotatable bonds is 8. The number of nitrogen functional groups attached to an aromatic ring is 1. The molecule has 18 heteroatoms. The highest BCUT2D eigenvalue weighted by Gasteiger charge is 2.42. The SMILES string of the molecule is NC1=NC(O)(CCOc2nc(N)nc3c2ncn3C2CC(O)C(CO)O2)c2ncn(C3CC(O)C(CO)O3)c2N1. The molecule has 6 rings (SSSR count). The smallest absolute Gasteiger partial charge is 0.247 e. The fourth-order valence-electron chi connectivity index (χ4n) is 5.18. The summed E-state index contributed by atoms with van der Waals surface area (Å²) in [6, 6.07) is 0. The van der Waals surface area contributed by atoms with Gasteiger partial charge in [0.15, 0.2) is 17.1 Å². The van der Waals surface area contributed by atoms with Crippen molar-refractivity contribution in [3.8, 4) is 5.88 Å². The first-order valence-corrected chi connectivity index (χ1v) is 12.6. The lowest BCUT2D eigenvalue weighted by atomic mass is 10.1. The van der Waals surface area contributed by atoms with Gasteiger partial charge in [0.25, 0.3) is 0 Å². The number of nitrogens with zero attached hydrogens (tertiary/aromatic N) is 7. The molecule has 216 valence electrons. The second kappa shape index (κ2) is 10.1. The molecule has 0 saturated carbocycles. The Hall–Kier alpha value is -3.65. The number of aliphatic hydroxyl groups is 5. The molecule has 6 heterocycles. The normalized spacial score (nSPS) is 31.8. The number of aliphatic imine (C=N–C) groups is 1. The Balaban J connectivity index is 1.20. The number of anilines is 2. The molecule has 3 aliphatic rings. The standard InChI is InChI=1S/C22H30N10O8/c23-20-27-17-15(25-7-31(17)13-3-9(35)11(5-33)39-13)19(29-20)38-2-1-22(37)16-18(28-21(24)30-22)32(8-26-16)14-4-10(36)12(6-34)40-14/h7-14,33-37H,1-6H2,(H2,23,27,29)(H3,24,28,30). The summed E-state index contributed by atoms with van der Waals surface area (Å²) in [6.07, 6.45) is -1.24. The second-order valence-electron chi connectivity index (χ2n) is 9.83. The summed E-state index contributed by atoms with van der Waals surface area (Å²) < 4.78 is 20.4. The number of nitrogens with one attached hydrogen (secondary N) is 1. The number of guanidine groups is 1. The van der Waals surface area contributed by atoms with Gasteiger partial charge in [-0.15, -0.1) is 0 Å². The van der Waals surface area contributed by atoms with E-state index in [4.69, 9.17) is 25.7 Å². The molecule has 0 radical (unpaired) electrons. The van der Waals surface area contributed by atoms with Crippen LogP contribution in [0.1, 0.15) is 37.4 Å². The van der Waals surface area contributed by atoms with Crippen LogP contribution in [0.5, 0.6) is 5.88 Å². The third-order valence-corrected chi connectivity index (χ3v) is 7.21. The van der Waals surface area contributed by atoms with Gasteiger partial charge in [-0.3, -0.25) is 9.13 Å². The summed E-state index contributed by atoms with van der Waals surface area (Å²) in [7, 11) is 0. The molecule has 3 aromatic rings. The molecule has 3 aliphatic heterocycles. The highest BCUT2D eigenvalue weighted by Crippen LogP contribution is 2.39. The van der Waals surface area contributed by atoms with Crippen molar-refractivity contribution in [1.82, 2.24) is 29.1 Å². The summed E-state index contributed by atoms with van der Waals surface area (Å²) in [5, 5.41) is 53.4. The molecule has 0 aromatic carbocycles. The van der Waals surface area contributed by atoms with Gasteiger partial charge in [0, 0.05) is 19.3 Å². The van der Waals surface area contributed by atoms with Crippen LogP contribution in [0.3, 0.4) is 0 Å². The van der Waals surface area contributed by atoms with Crippen LogP contribution in [-0.4, -0.2) is 105 Å². The third kappa shape index (κ3) is 4.48. The number of imidazole rings is 2. The van der Waals surface area contributed by atoms with Crippen LogP contribution in [0, 0.1) is 0 Å². The minimum atomic E-state index is -1.87. The van der Waals surface area contributed by atoms with Crippen molar-refractivity contribution in [3.63, 3.8) is 0 Å². The molecular formula is C22H30N10O8. The van der Waals surface area contributed by atoms with E-state index in [9.17, 15) is 25.5 Å². The molecule has 0 bridgehead atoms. The van der Waals surface area contributed by atoms with Gasteiger partial charge in [0.1, 0.15) is 36.2 Å². The molecule has 40 heavy (non-hydrogen) atoms. The summed E-state index contributed by atoms with van der Waals surface area (Å²) in [5.74, 6) is 0.229. The predicted octanol–water partition coefficient (Wildman–Crippen LogP) is -2.76. The number of hydrogen-bond acceptors (Lipinski definition) is 16. The lowest BCUT2D eigenvalue weighted by Gasteiger charge is -2.29. The van der Waals surface area contributed by atoms with E-state index in [0.29, 0.717) is 11.5 Å². The maximum Gasteiger partial charge on any atom is 0.247 e. The summed E-state index contributed by atoms with van der Waals surface area (Å²) in [5.41, 5.74) is 10.8. The molecule has 7 unspecified atom stereocenters. The Labute approximate surface area is 225 Å². The monoisotopic (exact) mass is 562 g/mol. The van der Waals surface area contributed by atoms with Gasteiger partial charge in [0.2, 0.25) is 17.6 Å². The summed E-state index contributed by atoms with van der Waals surface area (Å²) >= 11 is 0. The van der Waals surface area contributed by atoms with Crippen molar-refractivity contribution < 1.29 is 39.7 Å². The molecule has 2 saturated heterocycles. The van der Waals surface area contributed by atoms with Crippen molar-refractivity contribution in [3.05, 3.63) is 18.3 Å². The second-order valence-corrected chi connectivity index (χ2v) is 9.83. The van der Waals surface area contributed by atoms with E-state index >= 15 is 0 Å². The van der Waals surface area contributed by atoms with Crippen molar-refractivity contribution >= 4 is 28.9 Å². The van der Waals surface area contributed by atoms with Crippen molar-refractivity contribution in [2.24, 2.45) is 10.7 Å². The molecule has 18 nitrogen and oxygen atoms in total. The number of aromatic nitrogens is 6. The minimum absolute atomic E-state index is 0.0575. The van der Waals surface area contributed by atoms with Gasteiger partial charge in [-0.2, -0.15) is 9.97 Å². The van der Waals surface area contributed by atoms with Gasteiger partial charge in [0.05, 0.1) is 44.7 Å². The van der Waals surface area contributed by atoms with Gasteiger partial charge >= 0.3 is 0 Å². The Morgan fingerprint density at radius 3 is 2.30 bits per heavy atom. The lowest BCUT2D eigenvalue weighted by Crippen LogP contribution is -2.39. The Bertz CT molecular complexity index is 1430. The van der Waals surface area contributed by atoms with Gasteiger partial charge < -0.3 is 56.5 Å². The summed E-state index contributed by atoms with van der Waals surface area (Å²) in [6.45, 7) is -0.779. The quantitative estimate of drug-likeness (QED) is 0.138. The molecule has 10 N–H and O–H groups in total. The predicted molar refractivity (Wildman–Crippen MR) is 134 cm³/mol. The number of fused-ring (bicyclic) bond motifs is 2. The van der Waals surface area contributed by atoms with Crippen LogP contribution in [0.4, 0.5) is 11.8 Å². The Morgan fingerprint density at radius 1 is 1.00 bits per heavy atom. The van der Waals surface area contributed by atoms with Crippen LogP contribution in [0.25, 0.3) is 11.2 Å². The van der Waals surface area contributed by atoms with Crippen molar-refractivity contribution in [2.75, 3.05) is 30.9 Å². The van der Waals surface area contributed by atoms with Gasteiger partial charge in [-0.05, 0) is 0 Å². The van der Waals surface area contributed by atoms with Gasteiger partial charge in [-0.1, -0.05) is 0 Å². The fraction of sp³-hybridized carbons (Fsp3) is 0.591. The first-order valence-electron chi connectivity index (χ1n) is 12.6. The van der Waals surface area contributed by atoms with Crippen molar-refractivity contribution in [2.45, 2.75) is 61.9 Å². The fourth-order valence-corrected chi connectivity index (χ4v) is 5.18. The van der Waals surface area contributed by atoms with Crippen LogP contribution in [0.2, 0.25) is 0 Å². The highest BCUT2D eigenvalue weighted by molar-refractivity contribution is 5.94. The van der Waals surface area contributed by atoms with Gasteiger partial charge in [-0.25, -0.2) is 15.0 Å². The Kier molecular flexibility index (Phi) is 6.69. The maximum atomic E-state index is 11.4. The van der Waals surface area contributed by atoms with Crippen molar-refractivity contribution in [1.29, 1.82) is 0 Å². The molecule has 3 aromatic heterocycles. The average molecular weight is 563 g/mol. The van der Waals surface area contributed by atoms with Crippen LogP contribution >= 0.6 is 0 Å². The number of nitrogens with two attached hydrogens (primary N) is 2. The average Bonchev–Trinajstić information content (AvgIpc) is 3.68. The van der Waals surface area contributed by atoms with E-state index in [-0.39, 0.29) is 68.1 Å². The highest BCUT2D eigenvalue weighted by atomic mass is 16.5. The largest absolute Gasteiger partial charge is 0.476 e.